The van der Waals surface area contributed by atoms with E-state index < -0.39 is 6.61 Å². The molecule has 0 aliphatic heterocycles. The lowest BCUT2D eigenvalue weighted by Crippen LogP contribution is -2.35. The molecule has 0 spiro atoms. The van der Waals surface area contributed by atoms with Crippen LogP contribution in [0.3, 0.4) is 0 Å². The molecule has 0 saturated carbocycles. The summed E-state index contributed by atoms with van der Waals surface area (Å²) in [6.07, 6.45) is 0. The smallest absolute Gasteiger partial charge is 0.387 e. The first kappa shape index (κ1) is 20.4. The van der Waals surface area contributed by atoms with Gasteiger partial charge in [0, 0.05) is 38.2 Å². The number of rotatable bonds is 4. The SMILES string of the molecule is CN(C)C(=NCc1cc(Br)ccc1OC(F)F)N(C)C.I. The molecule has 0 atom stereocenters. The first-order valence-corrected chi connectivity index (χ1v) is 6.73. The van der Waals surface area contributed by atoms with Gasteiger partial charge in [-0.3, -0.25) is 0 Å². The number of nitrogens with zero attached hydrogens (tertiary/aromatic N) is 3. The fraction of sp³-hybridized carbons (Fsp3) is 0.462. The van der Waals surface area contributed by atoms with Crippen molar-refractivity contribution in [3.8, 4) is 5.75 Å². The van der Waals surface area contributed by atoms with Gasteiger partial charge >= 0.3 is 6.61 Å². The van der Waals surface area contributed by atoms with Gasteiger partial charge in [0.05, 0.1) is 6.54 Å². The minimum absolute atomic E-state index is 0. The normalized spacial score (nSPS) is 9.90. The van der Waals surface area contributed by atoms with Crippen LogP contribution in [-0.2, 0) is 6.54 Å². The van der Waals surface area contributed by atoms with Crippen LogP contribution in [0.4, 0.5) is 8.78 Å². The molecule has 1 aromatic rings. The van der Waals surface area contributed by atoms with Gasteiger partial charge in [0.25, 0.3) is 0 Å². The minimum atomic E-state index is -2.85. The second-order valence-electron chi connectivity index (χ2n) is 4.54. The highest BCUT2D eigenvalue weighted by molar-refractivity contribution is 14.0. The van der Waals surface area contributed by atoms with Crippen molar-refractivity contribution in [2.45, 2.75) is 13.2 Å². The summed E-state index contributed by atoms with van der Waals surface area (Å²) in [6, 6.07) is 4.89. The van der Waals surface area contributed by atoms with Gasteiger partial charge in [-0.2, -0.15) is 8.78 Å². The first-order valence-electron chi connectivity index (χ1n) is 5.93. The van der Waals surface area contributed by atoms with Crippen molar-refractivity contribution in [1.82, 2.24) is 9.80 Å². The summed E-state index contributed by atoms with van der Waals surface area (Å²) in [5, 5.41) is 0. The molecule has 4 nitrogen and oxygen atoms in total. The molecule has 0 amide bonds. The zero-order chi connectivity index (χ0) is 15.3. The molecule has 0 saturated heterocycles. The largest absolute Gasteiger partial charge is 0.434 e. The van der Waals surface area contributed by atoms with Crippen molar-refractivity contribution in [2.75, 3.05) is 28.2 Å². The number of hydrogen-bond donors (Lipinski definition) is 0. The van der Waals surface area contributed by atoms with Crippen molar-refractivity contribution in [3.63, 3.8) is 0 Å². The zero-order valence-corrected chi connectivity index (χ0v) is 16.2. The first-order chi connectivity index (χ1) is 9.31. The van der Waals surface area contributed by atoms with Crippen LogP contribution in [0, 0.1) is 0 Å². The van der Waals surface area contributed by atoms with Gasteiger partial charge in [-0.15, -0.1) is 24.0 Å². The van der Waals surface area contributed by atoms with Crippen LogP contribution in [0.1, 0.15) is 5.56 Å². The molecule has 1 aromatic carbocycles. The summed E-state index contributed by atoms with van der Waals surface area (Å²) < 4.78 is 30.0. The fourth-order valence-electron chi connectivity index (χ4n) is 1.72. The van der Waals surface area contributed by atoms with Gasteiger partial charge in [-0.25, -0.2) is 4.99 Å². The topological polar surface area (TPSA) is 28.1 Å². The van der Waals surface area contributed by atoms with E-state index in [1.807, 2.05) is 38.0 Å². The van der Waals surface area contributed by atoms with Gasteiger partial charge in [-0.05, 0) is 18.2 Å². The summed E-state index contributed by atoms with van der Waals surface area (Å²) in [5.41, 5.74) is 0.598. The average molecular weight is 478 g/mol. The Bertz CT molecular complexity index is 474. The van der Waals surface area contributed by atoms with Crippen molar-refractivity contribution in [2.24, 2.45) is 4.99 Å². The monoisotopic (exact) mass is 477 g/mol. The fourth-order valence-corrected chi connectivity index (χ4v) is 2.13. The highest BCUT2D eigenvalue weighted by Gasteiger charge is 2.11. The molecule has 0 fully saturated rings. The number of alkyl halides is 2. The molecule has 0 aromatic heterocycles. The third-order valence-corrected chi connectivity index (χ3v) is 2.92. The molecule has 0 unspecified atom stereocenters. The maximum atomic E-state index is 12.4. The number of aliphatic imine (C=N–C) groups is 1. The maximum absolute atomic E-state index is 12.4. The van der Waals surface area contributed by atoms with E-state index in [0.29, 0.717) is 5.56 Å². The molecule has 1 rings (SSSR count). The summed E-state index contributed by atoms with van der Waals surface area (Å²) in [6.45, 7) is -2.59. The summed E-state index contributed by atoms with van der Waals surface area (Å²) in [5.74, 6) is 0.886. The molecule has 21 heavy (non-hydrogen) atoms. The highest BCUT2D eigenvalue weighted by atomic mass is 127. The van der Waals surface area contributed by atoms with E-state index in [-0.39, 0.29) is 36.3 Å². The molecule has 8 heteroatoms. The third kappa shape index (κ3) is 6.77. The van der Waals surface area contributed by atoms with Crippen LogP contribution < -0.4 is 4.74 Å². The van der Waals surface area contributed by atoms with E-state index in [4.69, 9.17) is 0 Å². The van der Waals surface area contributed by atoms with Crippen LogP contribution in [0.25, 0.3) is 0 Å². The second-order valence-corrected chi connectivity index (χ2v) is 5.45. The summed E-state index contributed by atoms with van der Waals surface area (Å²) in [4.78, 5) is 8.13. The number of guanidine groups is 1. The lowest BCUT2D eigenvalue weighted by Gasteiger charge is -2.22. The quantitative estimate of drug-likeness (QED) is 0.376. The molecular weight excluding hydrogens is 459 g/mol. The van der Waals surface area contributed by atoms with Crippen LogP contribution >= 0.6 is 39.9 Å². The Morgan fingerprint density at radius 3 is 2.29 bits per heavy atom. The number of halogens is 4. The predicted molar refractivity (Wildman–Crippen MR) is 94.7 cm³/mol. The van der Waals surface area contributed by atoms with Gasteiger partial charge < -0.3 is 14.5 Å². The van der Waals surface area contributed by atoms with Crippen molar-refractivity contribution < 1.29 is 13.5 Å². The van der Waals surface area contributed by atoms with Crippen molar-refractivity contribution in [3.05, 3.63) is 28.2 Å². The second kappa shape index (κ2) is 9.39. The number of benzene rings is 1. The molecule has 120 valence electrons. The number of hydrogen-bond acceptors (Lipinski definition) is 2. The van der Waals surface area contributed by atoms with E-state index in [9.17, 15) is 8.78 Å². The Balaban J connectivity index is 0.00000400. The van der Waals surface area contributed by atoms with E-state index in [1.165, 1.54) is 6.07 Å². The molecule has 0 radical (unpaired) electrons. The molecule has 0 heterocycles. The van der Waals surface area contributed by atoms with Gasteiger partial charge in [0.1, 0.15) is 5.75 Å². The molecular formula is C13H19BrF2IN3O. The lowest BCUT2D eigenvalue weighted by molar-refractivity contribution is -0.0504. The van der Waals surface area contributed by atoms with Crippen LogP contribution in [-0.4, -0.2) is 50.6 Å². The van der Waals surface area contributed by atoms with Gasteiger partial charge in [-0.1, -0.05) is 15.9 Å². The Hall–Kier alpha value is -0.640. The lowest BCUT2D eigenvalue weighted by atomic mass is 10.2. The van der Waals surface area contributed by atoms with E-state index >= 15 is 0 Å². The Kier molecular flexibility index (Phi) is 9.11. The Morgan fingerprint density at radius 1 is 1.24 bits per heavy atom. The van der Waals surface area contributed by atoms with Crippen LogP contribution in [0.5, 0.6) is 5.75 Å². The molecule has 0 bridgehead atoms. The average Bonchev–Trinajstić information content (AvgIpc) is 2.31. The number of ether oxygens (including phenoxy) is 1. The molecule has 0 N–H and O–H groups in total. The van der Waals surface area contributed by atoms with E-state index in [1.54, 1.807) is 12.1 Å². The zero-order valence-electron chi connectivity index (χ0n) is 12.3. The summed E-state index contributed by atoms with van der Waals surface area (Å²) >= 11 is 3.32. The predicted octanol–water partition coefficient (Wildman–Crippen LogP) is 3.65. The maximum Gasteiger partial charge on any atom is 0.387 e. The standard InChI is InChI=1S/C13H18BrF2N3O.HI/c1-18(2)13(19(3)4)17-8-9-7-10(14)5-6-11(9)20-12(15)16;/h5-7,12H,8H2,1-4H3;1H. The van der Waals surface area contributed by atoms with Gasteiger partial charge in [0.2, 0.25) is 0 Å². The molecule has 0 aliphatic rings. The van der Waals surface area contributed by atoms with E-state index in [2.05, 4.69) is 25.7 Å². The highest BCUT2D eigenvalue weighted by Crippen LogP contribution is 2.25. The minimum Gasteiger partial charge on any atom is -0.434 e. The van der Waals surface area contributed by atoms with E-state index in [0.717, 1.165) is 10.4 Å². The Labute approximate surface area is 149 Å². The summed E-state index contributed by atoms with van der Waals surface area (Å²) in [7, 11) is 7.49. The van der Waals surface area contributed by atoms with Crippen molar-refractivity contribution in [1.29, 1.82) is 0 Å². The van der Waals surface area contributed by atoms with Crippen LogP contribution in [0.15, 0.2) is 27.7 Å². The molecule has 0 aliphatic carbocycles. The van der Waals surface area contributed by atoms with Gasteiger partial charge in [0.15, 0.2) is 5.96 Å². The Morgan fingerprint density at radius 2 is 1.81 bits per heavy atom. The third-order valence-electron chi connectivity index (χ3n) is 2.43. The van der Waals surface area contributed by atoms with Crippen molar-refractivity contribution >= 4 is 45.9 Å². The van der Waals surface area contributed by atoms with Crippen LogP contribution in [0.2, 0.25) is 0 Å².